The minimum atomic E-state index is -4.24. The topological polar surface area (TPSA) is 154 Å². The smallest absolute Gasteiger partial charge is 0.225 e. The molecule has 0 amide bonds. The van der Waals surface area contributed by atoms with Gasteiger partial charge in [-0.25, -0.2) is 35.5 Å². The fraction of sp³-hybridized carbons (Fsp3) is 0. The van der Waals surface area contributed by atoms with E-state index in [0.717, 1.165) is 36.4 Å². The molecule has 0 saturated carbocycles. The number of hydrogen-bond donors (Lipinski definition) is 2. The van der Waals surface area contributed by atoms with Crippen molar-refractivity contribution in [2.24, 2.45) is 10.3 Å². The number of halogens is 1. The van der Waals surface area contributed by atoms with Crippen molar-refractivity contribution in [1.29, 1.82) is 0 Å². The van der Waals surface area contributed by atoms with Crippen molar-refractivity contribution in [3.63, 3.8) is 0 Å². The maximum atomic E-state index is 12.6. The van der Waals surface area contributed by atoms with E-state index in [1.54, 1.807) is 0 Å². The van der Waals surface area contributed by atoms with E-state index >= 15 is 0 Å². The van der Waals surface area contributed by atoms with Crippen molar-refractivity contribution < 1.29 is 25.3 Å². The molecule has 0 saturated heterocycles. The quantitative estimate of drug-likeness (QED) is 0.746. The van der Waals surface area contributed by atoms with Gasteiger partial charge in [-0.1, -0.05) is 17.7 Å². The third-order valence-electron chi connectivity index (χ3n) is 2.96. The maximum Gasteiger partial charge on any atom is 0.239 e. The van der Waals surface area contributed by atoms with Crippen LogP contribution in [-0.2, 0) is 29.9 Å². The Hall–Kier alpha value is -1.50. The lowest BCUT2D eigenvalue weighted by Gasteiger charge is -2.08. The highest BCUT2D eigenvalue weighted by atomic mass is 35.5. The Bertz CT molecular complexity index is 1130. The summed E-state index contributed by atoms with van der Waals surface area (Å²) in [7, 11) is -12.6. The van der Waals surface area contributed by atoms with E-state index in [-0.39, 0.29) is 9.92 Å². The molecule has 0 spiro atoms. The summed E-state index contributed by atoms with van der Waals surface area (Å²) in [6.07, 6.45) is 0. The molecule has 0 aliphatic rings. The molecule has 0 atom stereocenters. The lowest BCUT2D eigenvalue weighted by molar-refractivity contribution is 0.594. The minimum Gasteiger partial charge on any atom is -0.225 e. The minimum absolute atomic E-state index is 0.241. The molecule has 0 unspecified atom stereocenters. The van der Waals surface area contributed by atoms with Crippen molar-refractivity contribution in [1.82, 2.24) is 0 Å². The molecule has 24 heavy (non-hydrogen) atoms. The van der Waals surface area contributed by atoms with Crippen molar-refractivity contribution in [2.75, 3.05) is 0 Å². The first-order valence-electron chi connectivity index (χ1n) is 6.04. The van der Waals surface area contributed by atoms with Gasteiger partial charge in [0, 0.05) is 0 Å². The Kier molecular flexibility index (Phi) is 4.78. The van der Waals surface area contributed by atoms with E-state index in [2.05, 4.69) is 0 Å². The fourth-order valence-corrected chi connectivity index (χ4v) is 4.94. The van der Waals surface area contributed by atoms with Crippen LogP contribution in [0.1, 0.15) is 0 Å². The van der Waals surface area contributed by atoms with Gasteiger partial charge >= 0.3 is 0 Å². The van der Waals surface area contributed by atoms with Gasteiger partial charge in [0.05, 0.1) is 19.7 Å². The van der Waals surface area contributed by atoms with Crippen LogP contribution in [0.5, 0.6) is 0 Å². The average molecular weight is 411 g/mol. The molecule has 0 radical (unpaired) electrons. The standard InChI is InChI=1S/C12H11ClN2O6S3/c13-11-5-4-9(7-12(11)24(15,20)21)22(16,17)8-2-1-3-10(6-8)23(14,18)19/h1-7H,(H2,14,18,19)(H2,15,20,21). The molecule has 0 aliphatic heterocycles. The van der Waals surface area contributed by atoms with Crippen molar-refractivity contribution >= 4 is 41.5 Å². The predicted molar refractivity (Wildman–Crippen MR) is 86.1 cm³/mol. The van der Waals surface area contributed by atoms with Gasteiger partial charge < -0.3 is 0 Å². The second-order valence-electron chi connectivity index (χ2n) is 4.66. The van der Waals surface area contributed by atoms with Crippen LogP contribution in [0.2, 0.25) is 5.02 Å². The van der Waals surface area contributed by atoms with Gasteiger partial charge in [-0.2, -0.15) is 0 Å². The maximum absolute atomic E-state index is 12.6. The molecule has 8 nitrogen and oxygen atoms in total. The Balaban J connectivity index is 2.69. The highest BCUT2D eigenvalue weighted by molar-refractivity contribution is 7.92. The third kappa shape index (κ3) is 3.77. The number of primary sulfonamides is 2. The summed E-state index contributed by atoms with van der Waals surface area (Å²) in [5, 5.41) is 9.72. The molecular weight excluding hydrogens is 400 g/mol. The van der Waals surface area contributed by atoms with Crippen LogP contribution in [0.4, 0.5) is 0 Å². The van der Waals surface area contributed by atoms with E-state index < -0.39 is 44.6 Å². The number of rotatable bonds is 4. The lowest BCUT2D eigenvalue weighted by atomic mass is 10.4. The van der Waals surface area contributed by atoms with Crippen LogP contribution in [0.25, 0.3) is 0 Å². The number of sulfonamides is 2. The van der Waals surface area contributed by atoms with E-state index in [9.17, 15) is 25.3 Å². The Labute approximate surface area is 144 Å². The summed E-state index contributed by atoms with van der Waals surface area (Å²) in [4.78, 5) is -1.75. The molecule has 130 valence electrons. The van der Waals surface area contributed by atoms with Gasteiger partial charge in [0.2, 0.25) is 29.9 Å². The molecule has 0 fully saturated rings. The molecule has 2 aromatic rings. The lowest BCUT2D eigenvalue weighted by Crippen LogP contribution is -2.14. The molecule has 0 aliphatic carbocycles. The van der Waals surface area contributed by atoms with Crippen LogP contribution < -0.4 is 10.3 Å². The van der Waals surface area contributed by atoms with Crippen LogP contribution in [-0.4, -0.2) is 25.3 Å². The van der Waals surface area contributed by atoms with Gasteiger partial charge in [-0.3, -0.25) is 0 Å². The Morgan fingerprint density at radius 1 is 0.708 bits per heavy atom. The van der Waals surface area contributed by atoms with Crippen LogP contribution >= 0.6 is 11.6 Å². The van der Waals surface area contributed by atoms with E-state index in [1.165, 1.54) is 6.07 Å². The molecule has 0 heterocycles. The predicted octanol–water partition coefficient (Wildman–Crippen LogP) is 0.468. The van der Waals surface area contributed by atoms with Crippen molar-refractivity contribution in [2.45, 2.75) is 19.6 Å². The highest BCUT2D eigenvalue weighted by Gasteiger charge is 2.23. The summed E-state index contributed by atoms with van der Waals surface area (Å²) in [6, 6.07) is 7.30. The number of nitrogens with two attached hydrogens (primary N) is 2. The zero-order valence-electron chi connectivity index (χ0n) is 11.7. The van der Waals surface area contributed by atoms with Crippen LogP contribution in [0.3, 0.4) is 0 Å². The van der Waals surface area contributed by atoms with Crippen molar-refractivity contribution in [3.05, 3.63) is 47.5 Å². The molecule has 4 N–H and O–H groups in total. The largest absolute Gasteiger partial charge is 0.239 e. The SMILES string of the molecule is NS(=O)(=O)c1cccc(S(=O)(=O)c2ccc(Cl)c(S(N)(=O)=O)c2)c1. The van der Waals surface area contributed by atoms with Gasteiger partial charge in [0.1, 0.15) is 4.90 Å². The van der Waals surface area contributed by atoms with Crippen LogP contribution in [0.15, 0.2) is 62.0 Å². The first-order chi connectivity index (χ1) is 10.8. The van der Waals surface area contributed by atoms with E-state index in [4.69, 9.17) is 21.9 Å². The average Bonchev–Trinajstić information content (AvgIpc) is 2.45. The summed E-state index contributed by atoms with van der Waals surface area (Å²) in [5.74, 6) is 0. The summed E-state index contributed by atoms with van der Waals surface area (Å²) in [5.41, 5.74) is 0. The van der Waals surface area contributed by atoms with E-state index in [1.807, 2.05) is 0 Å². The summed E-state index contributed by atoms with van der Waals surface area (Å²) < 4.78 is 70.8. The second-order valence-corrected chi connectivity index (χ2v) is 10.1. The van der Waals surface area contributed by atoms with Gasteiger partial charge in [-0.15, -0.1) is 0 Å². The molecule has 2 aromatic carbocycles. The number of sulfone groups is 1. The third-order valence-corrected chi connectivity index (χ3v) is 7.02. The van der Waals surface area contributed by atoms with Gasteiger partial charge in [0.15, 0.2) is 0 Å². The molecule has 0 bridgehead atoms. The zero-order valence-corrected chi connectivity index (χ0v) is 15.0. The number of hydrogen-bond acceptors (Lipinski definition) is 6. The fourth-order valence-electron chi connectivity index (χ4n) is 1.82. The normalized spacial score (nSPS) is 13.0. The molecular formula is C12H11ClN2O6S3. The first-order valence-corrected chi connectivity index (χ1v) is 11.0. The van der Waals surface area contributed by atoms with Crippen molar-refractivity contribution in [3.8, 4) is 0 Å². The highest BCUT2D eigenvalue weighted by Crippen LogP contribution is 2.28. The summed E-state index contributed by atoms with van der Waals surface area (Å²) in [6.45, 7) is 0. The second kappa shape index (κ2) is 6.10. The molecule has 2 rings (SSSR count). The first kappa shape index (κ1) is 18.8. The number of benzene rings is 2. The molecule has 12 heteroatoms. The van der Waals surface area contributed by atoms with Gasteiger partial charge in [0.25, 0.3) is 0 Å². The molecule has 0 aromatic heterocycles. The van der Waals surface area contributed by atoms with Gasteiger partial charge in [-0.05, 0) is 36.4 Å². The van der Waals surface area contributed by atoms with E-state index in [0.29, 0.717) is 0 Å². The zero-order chi connectivity index (χ0) is 18.3. The Morgan fingerprint density at radius 3 is 1.79 bits per heavy atom. The summed E-state index contributed by atoms with van der Waals surface area (Å²) >= 11 is 5.71. The van der Waals surface area contributed by atoms with Crippen LogP contribution in [0, 0.1) is 0 Å². The Morgan fingerprint density at radius 2 is 1.25 bits per heavy atom. The monoisotopic (exact) mass is 410 g/mol.